The van der Waals surface area contributed by atoms with Gasteiger partial charge in [-0.25, -0.2) is 0 Å². The number of carbonyl (C=O) groups excluding carboxylic acids is 1. The summed E-state index contributed by atoms with van der Waals surface area (Å²) in [6, 6.07) is 3.63. The third kappa shape index (κ3) is 2.71. The van der Waals surface area contributed by atoms with Gasteiger partial charge in [-0.2, -0.15) is 0 Å². The molecule has 1 heterocycles. The Bertz CT molecular complexity index is 332. The summed E-state index contributed by atoms with van der Waals surface area (Å²) < 4.78 is 0. The molecular weight excluding hydrogens is 164 g/mol. The first kappa shape index (κ1) is 9.45. The summed E-state index contributed by atoms with van der Waals surface area (Å²) in [6.07, 6.45) is 4.84. The monoisotopic (exact) mass is 176 g/mol. The van der Waals surface area contributed by atoms with Crippen molar-refractivity contribution in [1.29, 1.82) is 0 Å². The molecule has 0 saturated carbocycles. The Morgan fingerprint density at radius 1 is 1.54 bits per heavy atom. The molecule has 0 aliphatic heterocycles. The fourth-order valence-electron chi connectivity index (χ4n) is 0.928. The lowest BCUT2D eigenvalue weighted by atomic mass is 10.2. The first-order valence-electron chi connectivity index (χ1n) is 4.07. The number of nitrogen functional groups attached to an aromatic ring is 1. The van der Waals surface area contributed by atoms with Gasteiger partial charge in [0.15, 0.2) is 0 Å². The van der Waals surface area contributed by atoms with Crippen molar-refractivity contribution >= 4 is 18.0 Å². The highest BCUT2D eigenvalue weighted by Crippen LogP contribution is 2.09. The van der Waals surface area contributed by atoms with Crippen LogP contribution in [-0.2, 0) is 4.79 Å². The van der Waals surface area contributed by atoms with E-state index >= 15 is 0 Å². The van der Waals surface area contributed by atoms with Gasteiger partial charge in [-0.05, 0) is 25.1 Å². The fraction of sp³-hybridized carbons (Fsp3) is 0.200. The number of nitrogens with two attached hydrogens (primary N) is 1. The summed E-state index contributed by atoms with van der Waals surface area (Å²) >= 11 is 0. The molecule has 1 aromatic rings. The predicted octanol–water partition coefficient (Wildman–Crippen LogP) is 1.57. The van der Waals surface area contributed by atoms with E-state index in [9.17, 15) is 4.79 Å². The molecule has 0 amide bonds. The molecule has 3 nitrogen and oxygen atoms in total. The van der Waals surface area contributed by atoms with Crippen LogP contribution in [0.25, 0.3) is 6.08 Å². The van der Waals surface area contributed by atoms with Crippen molar-refractivity contribution in [3.8, 4) is 0 Å². The Kier molecular flexibility index (Phi) is 3.20. The van der Waals surface area contributed by atoms with Crippen LogP contribution in [-0.4, -0.2) is 11.3 Å². The fourth-order valence-corrected chi connectivity index (χ4v) is 0.928. The van der Waals surface area contributed by atoms with Crippen LogP contribution < -0.4 is 5.73 Å². The van der Waals surface area contributed by atoms with Crippen molar-refractivity contribution < 1.29 is 4.79 Å². The van der Waals surface area contributed by atoms with Gasteiger partial charge >= 0.3 is 0 Å². The highest BCUT2D eigenvalue weighted by molar-refractivity contribution is 5.57. The number of hydrogen-bond donors (Lipinski definition) is 1. The van der Waals surface area contributed by atoms with E-state index in [0.29, 0.717) is 12.1 Å². The number of aldehydes is 1. The molecule has 2 N–H and O–H groups in total. The minimum Gasteiger partial charge on any atom is -0.397 e. The minimum absolute atomic E-state index is 0.422. The van der Waals surface area contributed by atoms with E-state index in [1.54, 1.807) is 12.2 Å². The maximum Gasteiger partial charge on any atom is 0.123 e. The van der Waals surface area contributed by atoms with Crippen LogP contribution in [0.4, 0.5) is 5.69 Å². The third-order valence-corrected chi connectivity index (χ3v) is 1.67. The zero-order chi connectivity index (χ0) is 9.68. The summed E-state index contributed by atoms with van der Waals surface area (Å²) in [4.78, 5) is 14.2. The van der Waals surface area contributed by atoms with Gasteiger partial charge in [0.05, 0.1) is 17.1 Å². The molecule has 0 aliphatic carbocycles. The predicted molar refractivity (Wildman–Crippen MR) is 53.1 cm³/mol. The van der Waals surface area contributed by atoms with Gasteiger partial charge in [-0.15, -0.1) is 0 Å². The normalized spacial score (nSPS) is 10.5. The molecule has 0 saturated heterocycles. The second kappa shape index (κ2) is 4.40. The van der Waals surface area contributed by atoms with Gasteiger partial charge in [-0.3, -0.25) is 4.98 Å². The van der Waals surface area contributed by atoms with E-state index < -0.39 is 0 Å². The Balaban J connectivity index is 2.79. The molecule has 0 unspecified atom stereocenters. The van der Waals surface area contributed by atoms with Crippen molar-refractivity contribution in [3.05, 3.63) is 29.6 Å². The number of aromatic nitrogens is 1. The largest absolute Gasteiger partial charge is 0.397 e. The Labute approximate surface area is 77.3 Å². The molecule has 0 spiro atoms. The van der Waals surface area contributed by atoms with Gasteiger partial charge in [0.1, 0.15) is 6.29 Å². The molecule has 0 aliphatic rings. The van der Waals surface area contributed by atoms with Crippen LogP contribution in [0, 0.1) is 6.92 Å². The quantitative estimate of drug-likeness (QED) is 0.711. The van der Waals surface area contributed by atoms with E-state index in [1.807, 2.05) is 19.1 Å². The smallest absolute Gasteiger partial charge is 0.123 e. The van der Waals surface area contributed by atoms with Crippen molar-refractivity contribution in [2.75, 3.05) is 5.73 Å². The van der Waals surface area contributed by atoms with Gasteiger partial charge in [0, 0.05) is 6.42 Å². The van der Waals surface area contributed by atoms with Crippen LogP contribution in [0.1, 0.15) is 17.8 Å². The summed E-state index contributed by atoms with van der Waals surface area (Å²) in [5, 5.41) is 0. The van der Waals surface area contributed by atoms with Gasteiger partial charge in [-0.1, -0.05) is 6.08 Å². The van der Waals surface area contributed by atoms with E-state index in [4.69, 9.17) is 5.73 Å². The van der Waals surface area contributed by atoms with Gasteiger partial charge < -0.3 is 10.5 Å². The lowest BCUT2D eigenvalue weighted by molar-refractivity contribution is -0.107. The highest BCUT2D eigenvalue weighted by atomic mass is 16.1. The number of allylic oxidation sites excluding steroid dienone is 1. The third-order valence-electron chi connectivity index (χ3n) is 1.67. The zero-order valence-corrected chi connectivity index (χ0v) is 7.53. The Morgan fingerprint density at radius 3 is 2.92 bits per heavy atom. The molecule has 0 radical (unpaired) electrons. The van der Waals surface area contributed by atoms with Crippen LogP contribution in [0.3, 0.4) is 0 Å². The number of rotatable bonds is 3. The van der Waals surface area contributed by atoms with Crippen molar-refractivity contribution in [1.82, 2.24) is 4.98 Å². The number of aryl methyl sites for hydroxylation is 1. The molecular formula is C10H12N2O. The van der Waals surface area contributed by atoms with Gasteiger partial charge in [0.25, 0.3) is 0 Å². The second-order valence-corrected chi connectivity index (χ2v) is 2.72. The first-order chi connectivity index (χ1) is 6.24. The molecule has 0 bridgehead atoms. The summed E-state index contributed by atoms with van der Waals surface area (Å²) in [6.45, 7) is 1.85. The summed E-state index contributed by atoms with van der Waals surface area (Å²) in [5.74, 6) is 0. The van der Waals surface area contributed by atoms with Gasteiger partial charge in [0.2, 0.25) is 0 Å². The highest BCUT2D eigenvalue weighted by Gasteiger charge is 1.94. The van der Waals surface area contributed by atoms with E-state index in [0.717, 1.165) is 17.7 Å². The Hall–Kier alpha value is -1.64. The topological polar surface area (TPSA) is 56.0 Å². The maximum absolute atomic E-state index is 10.0. The van der Waals surface area contributed by atoms with Crippen LogP contribution in [0.15, 0.2) is 18.2 Å². The zero-order valence-electron chi connectivity index (χ0n) is 7.53. The van der Waals surface area contributed by atoms with E-state index in [2.05, 4.69) is 4.98 Å². The molecule has 13 heavy (non-hydrogen) atoms. The van der Waals surface area contributed by atoms with Crippen molar-refractivity contribution in [2.24, 2.45) is 0 Å². The number of nitrogens with zero attached hydrogens (tertiary/aromatic N) is 1. The number of carbonyl (C=O) groups is 1. The summed E-state index contributed by atoms with van der Waals surface area (Å²) in [5.41, 5.74) is 7.93. The van der Waals surface area contributed by atoms with Crippen molar-refractivity contribution in [2.45, 2.75) is 13.3 Å². The van der Waals surface area contributed by atoms with Crippen LogP contribution in [0.5, 0.6) is 0 Å². The summed E-state index contributed by atoms with van der Waals surface area (Å²) in [7, 11) is 0. The van der Waals surface area contributed by atoms with Crippen LogP contribution >= 0.6 is 0 Å². The SMILES string of the molecule is Cc1nc(C=CCC=O)ccc1N. The molecule has 1 rings (SSSR count). The maximum atomic E-state index is 10.0. The minimum atomic E-state index is 0.422. The second-order valence-electron chi connectivity index (χ2n) is 2.72. The average molecular weight is 176 g/mol. The Morgan fingerprint density at radius 2 is 2.31 bits per heavy atom. The lowest BCUT2D eigenvalue weighted by Crippen LogP contribution is -1.93. The lowest BCUT2D eigenvalue weighted by Gasteiger charge is -1.99. The molecule has 0 aromatic carbocycles. The molecule has 3 heteroatoms. The standard InChI is InChI=1S/C10H12N2O/c1-8-10(11)6-5-9(12-8)4-2-3-7-13/h2,4-7H,3,11H2,1H3. The van der Waals surface area contributed by atoms with E-state index in [-0.39, 0.29) is 0 Å². The van der Waals surface area contributed by atoms with E-state index in [1.165, 1.54) is 0 Å². The number of anilines is 1. The number of pyridine rings is 1. The molecule has 0 fully saturated rings. The molecule has 68 valence electrons. The van der Waals surface area contributed by atoms with Crippen molar-refractivity contribution in [3.63, 3.8) is 0 Å². The number of hydrogen-bond acceptors (Lipinski definition) is 3. The molecule has 1 aromatic heterocycles. The molecule has 0 atom stereocenters. The average Bonchev–Trinajstić information content (AvgIpc) is 2.12. The first-order valence-corrected chi connectivity index (χ1v) is 4.07. The van der Waals surface area contributed by atoms with Crippen LogP contribution in [0.2, 0.25) is 0 Å².